The number of aromatic carboxylic acids is 1. The van der Waals surface area contributed by atoms with Crippen molar-refractivity contribution in [3.8, 4) is 0 Å². The zero-order chi connectivity index (χ0) is 10.3. The summed E-state index contributed by atoms with van der Waals surface area (Å²) in [4.78, 5) is 20.6. The molecule has 0 spiro atoms. The van der Waals surface area contributed by atoms with Crippen LogP contribution in [-0.4, -0.2) is 25.8 Å². The van der Waals surface area contributed by atoms with Crippen molar-refractivity contribution in [2.24, 2.45) is 0 Å². The first-order chi connectivity index (χ1) is 6.61. The number of nitro groups is 1. The first kappa shape index (κ1) is 8.67. The molecular formula is C7H7N3O4. The lowest BCUT2D eigenvalue weighted by Crippen LogP contribution is -2.03. The maximum absolute atomic E-state index is 10.7. The number of hydrogen-bond acceptors (Lipinski definition) is 4. The number of carbonyl (C=O) groups is 1. The molecule has 2 heterocycles. The zero-order valence-electron chi connectivity index (χ0n) is 7.13. The van der Waals surface area contributed by atoms with E-state index in [1.54, 1.807) is 0 Å². The molecule has 7 nitrogen and oxygen atoms in total. The second-order valence-electron chi connectivity index (χ2n) is 3.03. The van der Waals surface area contributed by atoms with Gasteiger partial charge in [-0.1, -0.05) is 0 Å². The second-order valence-corrected chi connectivity index (χ2v) is 3.03. The van der Waals surface area contributed by atoms with Crippen LogP contribution in [0.1, 0.15) is 22.6 Å². The third kappa shape index (κ3) is 1.05. The van der Waals surface area contributed by atoms with Crippen molar-refractivity contribution in [2.45, 2.75) is 19.4 Å². The van der Waals surface area contributed by atoms with Crippen molar-refractivity contribution in [2.75, 3.05) is 0 Å². The lowest BCUT2D eigenvalue weighted by molar-refractivity contribution is -0.385. The van der Waals surface area contributed by atoms with Crippen LogP contribution in [0.25, 0.3) is 0 Å². The highest BCUT2D eigenvalue weighted by Crippen LogP contribution is 2.28. The van der Waals surface area contributed by atoms with Gasteiger partial charge in [0, 0.05) is 6.54 Å². The van der Waals surface area contributed by atoms with Crippen LogP contribution in [0.3, 0.4) is 0 Å². The fourth-order valence-electron chi connectivity index (χ4n) is 1.65. The summed E-state index contributed by atoms with van der Waals surface area (Å²) in [5.41, 5.74) is -0.382. The molecule has 1 aliphatic rings. The molecule has 2 rings (SSSR count). The quantitative estimate of drug-likeness (QED) is 0.547. The Hall–Kier alpha value is -1.92. The molecule has 0 fully saturated rings. The molecule has 0 bridgehead atoms. The van der Waals surface area contributed by atoms with Gasteiger partial charge in [-0.3, -0.25) is 14.8 Å². The molecule has 0 saturated heterocycles. The maximum Gasteiger partial charge on any atom is 0.363 e. The minimum Gasteiger partial charge on any atom is -0.476 e. The highest BCUT2D eigenvalue weighted by molar-refractivity contribution is 5.90. The summed E-state index contributed by atoms with van der Waals surface area (Å²) < 4.78 is 1.40. The van der Waals surface area contributed by atoms with Gasteiger partial charge in [0.2, 0.25) is 5.69 Å². The largest absolute Gasteiger partial charge is 0.476 e. The van der Waals surface area contributed by atoms with Crippen molar-refractivity contribution in [1.82, 2.24) is 9.78 Å². The predicted molar refractivity (Wildman–Crippen MR) is 44.2 cm³/mol. The summed E-state index contributed by atoms with van der Waals surface area (Å²) in [5, 5.41) is 23.0. The number of carboxylic acids is 1. The number of nitrogens with zero attached hydrogens (tertiary/aromatic N) is 3. The van der Waals surface area contributed by atoms with Crippen LogP contribution >= 0.6 is 0 Å². The van der Waals surface area contributed by atoms with Crippen molar-refractivity contribution in [3.63, 3.8) is 0 Å². The highest BCUT2D eigenvalue weighted by Gasteiger charge is 2.33. The Morgan fingerprint density at radius 3 is 2.93 bits per heavy atom. The fraction of sp³-hybridized carbons (Fsp3) is 0.429. The molecule has 7 heteroatoms. The van der Waals surface area contributed by atoms with Crippen molar-refractivity contribution < 1.29 is 14.8 Å². The standard InChI is InChI=1S/C7H7N3O4/c11-7(12)5-6(10(13)14)4-2-1-3-9(4)8-5/h1-3H2,(H,11,12). The third-order valence-corrected chi connectivity index (χ3v) is 2.20. The van der Waals surface area contributed by atoms with Gasteiger partial charge < -0.3 is 5.11 Å². The highest BCUT2D eigenvalue weighted by atomic mass is 16.6. The number of fused-ring (bicyclic) bond motifs is 1. The average Bonchev–Trinajstić information content (AvgIpc) is 2.58. The Balaban J connectivity index is 2.62. The van der Waals surface area contributed by atoms with Gasteiger partial charge >= 0.3 is 11.7 Å². The van der Waals surface area contributed by atoms with Crippen LogP contribution in [0, 0.1) is 10.1 Å². The Bertz CT molecular complexity index is 423. The summed E-state index contributed by atoms with van der Waals surface area (Å²) in [6, 6.07) is 0. The lowest BCUT2D eigenvalue weighted by atomic mass is 10.2. The van der Waals surface area contributed by atoms with Gasteiger partial charge in [-0.15, -0.1) is 0 Å². The summed E-state index contributed by atoms with van der Waals surface area (Å²) in [6.45, 7) is 0.559. The second kappa shape index (κ2) is 2.79. The Kier molecular flexibility index (Phi) is 1.73. The molecule has 0 saturated carbocycles. The molecule has 0 aromatic carbocycles. The van der Waals surface area contributed by atoms with Crippen molar-refractivity contribution >= 4 is 11.7 Å². The number of rotatable bonds is 2. The third-order valence-electron chi connectivity index (χ3n) is 2.20. The Morgan fingerprint density at radius 2 is 2.36 bits per heavy atom. The van der Waals surface area contributed by atoms with Gasteiger partial charge in [0.1, 0.15) is 5.69 Å². The molecule has 1 aromatic heterocycles. The molecule has 1 N–H and O–H groups in total. The normalized spacial score (nSPS) is 14.0. The van der Waals surface area contributed by atoms with Crippen LogP contribution in [0.2, 0.25) is 0 Å². The first-order valence-electron chi connectivity index (χ1n) is 4.08. The van der Waals surface area contributed by atoms with Gasteiger partial charge in [-0.05, 0) is 12.8 Å². The zero-order valence-corrected chi connectivity index (χ0v) is 7.13. The fourth-order valence-corrected chi connectivity index (χ4v) is 1.65. The monoisotopic (exact) mass is 197 g/mol. The van der Waals surface area contributed by atoms with Gasteiger partial charge in [0.15, 0.2) is 0 Å². The topological polar surface area (TPSA) is 98.3 Å². The summed E-state index contributed by atoms with van der Waals surface area (Å²) in [6.07, 6.45) is 1.31. The molecule has 0 atom stereocenters. The van der Waals surface area contributed by atoms with E-state index in [-0.39, 0.29) is 5.69 Å². The van der Waals surface area contributed by atoms with E-state index in [0.29, 0.717) is 18.7 Å². The van der Waals surface area contributed by atoms with E-state index in [1.807, 2.05) is 0 Å². The molecule has 0 unspecified atom stereocenters. The molecule has 0 aliphatic carbocycles. The summed E-state index contributed by atoms with van der Waals surface area (Å²) in [5.74, 6) is -1.35. The van der Waals surface area contributed by atoms with Crippen LogP contribution in [-0.2, 0) is 13.0 Å². The summed E-state index contributed by atoms with van der Waals surface area (Å²) in [7, 11) is 0. The van der Waals surface area contributed by atoms with E-state index in [4.69, 9.17) is 5.11 Å². The molecule has 14 heavy (non-hydrogen) atoms. The Labute approximate surface area is 78.1 Å². The molecule has 1 aromatic rings. The van der Waals surface area contributed by atoms with Gasteiger partial charge in [-0.25, -0.2) is 4.79 Å². The van der Waals surface area contributed by atoms with E-state index in [1.165, 1.54) is 4.68 Å². The first-order valence-corrected chi connectivity index (χ1v) is 4.08. The Morgan fingerprint density at radius 1 is 1.64 bits per heavy atom. The minimum atomic E-state index is -1.35. The van der Waals surface area contributed by atoms with Gasteiger partial charge in [0.05, 0.1) is 4.92 Å². The number of hydrogen-bond donors (Lipinski definition) is 1. The van der Waals surface area contributed by atoms with Crippen molar-refractivity contribution in [3.05, 3.63) is 21.5 Å². The molecule has 1 aliphatic heterocycles. The SMILES string of the molecule is O=C(O)c1nn2c(c1[N+](=O)[O-])CCC2. The molecular weight excluding hydrogens is 190 g/mol. The van der Waals surface area contributed by atoms with Gasteiger partial charge in [0.25, 0.3) is 0 Å². The van der Waals surface area contributed by atoms with Crippen LogP contribution in [0.5, 0.6) is 0 Å². The smallest absolute Gasteiger partial charge is 0.363 e. The number of aryl methyl sites for hydroxylation is 1. The van der Waals surface area contributed by atoms with Crippen LogP contribution in [0.4, 0.5) is 5.69 Å². The number of carboxylic acid groups (broad SMARTS) is 1. The van der Waals surface area contributed by atoms with Crippen LogP contribution in [0.15, 0.2) is 0 Å². The van der Waals surface area contributed by atoms with E-state index in [9.17, 15) is 14.9 Å². The minimum absolute atomic E-state index is 0.352. The number of aromatic nitrogens is 2. The molecule has 0 radical (unpaired) electrons. The van der Waals surface area contributed by atoms with E-state index in [0.717, 1.165) is 6.42 Å². The van der Waals surface area contributed by atoms with Crippen molar-refractivity contribution in [1.29, 1.82) is 0 Å². The summed E-state index contributed by atoms with van der Waals surface area (Å²) >= 11 is 0. The van der Waals surface area contributed by atoms with E-state index in [2.05, 4.69) is 5.10 Å². The average molecular weight is 197 g/mol. The molecule has 74 valence electrons. The van der Waals surface area contributed by atoms with Crippen LogP contribution < -0.4 is 0 Å². The van der Waals surface area contributed by atoms with E-state index >= 15 is 0 Å². The lowest BCUT2D eigenvalue weighted by Gasteiger charge is -1.90. The molecule has 0 amide bonds. The maximum atomic E-state index is 10.7. The van der Waals surface area contributed by atoms with E-state index < -0.39 is 16.6 Å². The predicted octanol–water partition coefficient (Wildman–Crippen LogP) is 0.436. The van der Waals surface area contributed by atoms with Gasteiger partial charge in [-0.2, -0.15) is 5.10 Å².